The van der Waals surface area contributed by atoms with Crippen molar-refractivity contribution in [3.8, 4) is 22.5 Å². The number of halogens is 5. The van der Waals surface area contributed by atoms with Crippen molar-refractivity contribution >= 4 is 89.6 Å². The maximum Gasteiger partial charge on any atom is 0.229 e. The third kappa shape index (κ3) is 11.6. The first kappa shape index (κ1) is 56.9. The zero-order valence-corrected chi connectivity index (χ0v) is 47.1. The number of nitrogens with two attached hydrogens (primary N) is 1. The lowest BCUT2D eigenvalue weighted by Gasteiger charge is -2.22. The summed E-state index contributed by atoms with van der Waals surface area (Å²) in [6, 6.07) is 14.9. The molecule has 0 amide bonds. The number of nitrogens with zero attached hydrogens (tertiary/aromatic N) is 14. The zero-order chi connectivity index (χ0) is 53.1. The number of pyridine rings is 2. The summed E-state index contributed by atoms with van der Waals surface area (Å²) >= 11 is 5.74. The number of anilines is 5. The first-order chi connectivity index (χ1) is 35.7. The van der Waals surface area contributed by atoms with Gasteiger partial charge in [-0.25, -0.2) is 57.4 Å². The van der Waals surface area contributed by atoms with Crippen LogP contribution in [0.1, 0.15) is 65.0 Å². The number of fused-ring (bicyclic) bond motifs is 6. The molecule has 0 saturated carbocycles. The molecule has 0 aliphatic carbocycles. The fourth-order valence-corrected chi connectivity index (χ4v) is 10.8. The summed E-state index contributed by atoms with van der Waals surface area (Å²) < 4.78 is 62.5. The Labute approximate surface area is 464 Å². The lowest BCUT2D eigenvalue weighted by molar-refractivity contribution is 0.315. The predicted molar refractivity (Wildman–Crippen MR) is 307 cm³/mol. The molecule has 12 rings (SSSR count). The number of likely N-dealkylation sites (N-methyl/N-ethyl adjacent to an activating group) is 2. The molecule has 3 N–H and O–H groups in total. The van der Waals surface area contributed by atoms with Crippen LogP contribution >= 0.6 is 38.6 Å². The van der Waals surface area contributed by atoms with Gasteiger partial charge < -0.3 is 39.8 Å². The van der Waals surface area contributed by atoms with Crippen LogP contribution in [0.2, 0.25) is 5.28 Å². The van der Waals surface area contributed by atoms with Crippen LogP contribution in [0.3, 0.4) is 0 Å². The number of nitrogen functional groups attached to an aromatic ring is 1. The summed E-state index contributed by atoms with van der Waals surface area (Å²) in [5, 5.41) is 2.97. The van der Waals surface area contributed by atoms with E-state index in [1.54, 1.807) is 12.1 Å². The Bertz CT molecular complexity index is 3410. The van der Waals surface area contributed by atoms with Gasteiger partial charge in [0, 0.05) is 73.3 Å². The first-order valence-corrected chi connectivity index (χ1v) is 25.5. The lowest BCUT2D eigenvalue weighted by atomic mass is 10.0. The molecule has 16 nitrogen and oxygen atoms in total. The van der Waals surface area contributed by atoms with Gasteiger partial charge in [0.1, 0.15) is 45.7 Å². The van der Waals surface area contributed by atoms with Gasteiger partial charge in [0.15, 0.2) is 23.3 Å². The quantitative estimate of drug-likeness (QED) is 0.109. The van der Waals surface area contributed by atoms with Crippen molar-refractivity contribution in [2.24, 2.45) is 0 Å². The van der Waals surface area contributed by atoms with Crippen LogP contribution < -0.4 is 20.9 Å². The minimum absolute atomic E-state index is 0. The van der Waals surface area contributed by atoms with Crippen molar-refractivity contribution in [1.82, 2.24) is 58.8 Å². The molecular weight excluding hydrogens is 1050 g/mol. The second-order valence-corrected chi connectivity index (χ2v) is 21.7. The van der Waals surface area contributed by atoms with Crippen molar-refractivity contribution in [3.05, 3.63) is 114 Å². The zero-order valence-electron chi connectivity index (χ0n) is 44.4. The molecule has 0 bridgehead atoms. The number of hydrogen-bond acceptors (Lipinski definition) is 14. The average molecular weight is 1110 g/mol. The molecule has 2 fully saturated rings. The Morgan fingerprint density at radius 2 is 1.08 bits per heavy atom. The molecule has 10 heterocycles. The van der Waals surface area contributed by atoms with Crippen LogP contribution in [-0.2, 0) is 23.9 Å². The highest BCUT2D eigenvalue weighted by atomic mass is 35.5. The van der Waals surface area contributed by atoms with E-state index in [-0.39, 0.29) is 60.7 Å². The Hall–Kier alpha value is -6.33. The molecule has 77 heavy (non-hydrogen) atoms. The van der Waals surface area contributed by atoms with Crippen molar-refractivity contribution in [2.75, 3.05) is 75.2 Å². The van der Waals surface area contributed by atoms with Crippen LogP contribution in [0.25, 0.3) is 44.6 Å². The van der Waals surface area contributed by atoms with Crippen molar-refractivity contribution < 1.29 is 17.6 Å². The second kappa shape index (κ2) is 22.6. The van der Waals surface area contributed by atoms with Gasteiger partial charge in [0.2, 0.25) is 11.2 Å². The van der Waals surface area contributed by atoms with Gasteiger partial charge in [-0.05, 0) is 142 Å². The second-order valence-electron chi connectivity index (χ2n) is 21.4. The van der Waals surface area contributed by atoms with E-state index < -0.39 is 23.3 Å². The number of imidazole rings is 2. The topological polar surface area (TPSA) is 164 Å². The van der Waals surface area contributed by atoms with Gasteiger partial charge >= 0.3 is 0 Å². The van der Waals surface area contributed by atoms with Crippen LogP contribution in [0, 0.1) is 23.3 Å². The number of benzene rings is 2. The van der Waals surface area contributed by atoms with E-state index in [0.717, 1.165) is 88.0 Å². The highest BCUT2D eigenvalue weighted by Crippen LogP contribution is 2.40. The molecule has 8 aromatic rings. The first-order valence-electron chi connectivity index (χ1n) is 25.1. The molecule has 4 aliphatic heterocycles. The third-order valence-electron chi connectivity index (χ3n) is 15.0. The van der Waals surface area contributed by atoms with Gasteiger partial charge in [0.05, 0.1) is 47.2 Å². The minimum Gasteiger partial charge on any atom is -0.384 e. The van der Waals surface area contributed by atoms with Crippen LogP contribution in [0.4, 0.5) is 46.5 Å². The number of aromatic nitrogens is 10. The van der Waals surface area contributed by atoms with E-state index >= 15 is 4.39 Å². The molecule has 6 aromatic heterocycles. The molecule has 23 heteroatoms. The number of hydrogen-bond donors (Lipinski definition) is 2. The van der Waals surface area contributed by atoms with Crippen molar-refractivity contribution in [1.29, 1.82) is 0 Å². The molecule has 2 atom stereocenters. The maximum absolute atomic E-state index is 15.1. The van der Waals surface area contributed by atoms with Gasteiger partial charge in [-0.1, -0.05) is 0 Å². The van der Waals surface area contributed by atoms with Crippen molar-refractivity contribution in [3.63, 3.8) is 0 Å². The largest absolute Gasteiger partial charge is 0.384 e. The number of nitrogens with one attached hydrogen (secondary N) is 1. The number of rotatable bonds is 8. The van der Waals surface area contributed by atoms with Gasteiger partial charge in [-0.2, -0.15) is 27.0 Å². The minimum atomic E-state index is -0.645. The summed E-state index contributed by atoms with van der Waals surface area (Å²) in [6.45, 7) is 12.5. The molecule has 4 aliphatic rings. The normalized spacial score (nSPS) is 17.9. The number of aryl methyl sites for hydroxylation is 2. The van der Waals surface area contributed by atoms with E-state index in [1.807, 2.05) is 41.2 Å². The molecular formula is C54H65ClF4N16S2. The van der Waals surface area contributed by atoms with E-state index in [1.165, 1.54) is 24.2 Å². The van der Waals surface area contributed by atoms with Gasteiger partial charge in [-0.15, -0.1) is 0 Å². The molecule has 0 spiro atoms. The predicted octanol–water partition coefficient (Wildman–Crippen LogP) is 9.87. The SMILES string of the molecule is CC1(C)CCc2nc3c(F)cc(-c4nc(Cl)ncc4F)cc3n21.CN(C)[C@H]1CCN(c2ccc(N)nc2)C1.CN(C)[C@H]1CCN(c2ccc(Nc3ncc(F)c(-c4cc(F)c5nc6n(c5c4)C(C)(C)CC6)n3)nc2)C1.S.S. The standard InChI is InChI=1S/C27H30F2N8.C16H13ClF2N4.C11H18N4.2H2S/c1-27(2)9-7-23-33-25-19(28)11-16(12-21(25)37(23)27)24-20(29)14-31-26(34-24)32-22-6-5-17(13-30-22)36-10-8-18(15-36)35(3)4;1-16(2)4-3-12-21-14-9(18)5-8(6-11(14)23(12)16)13-10(19)7-20-15(17)22-13;1-14(2)10-5-6-15(8-10)9-3-4-11(12)13-7-9;;/h5-6,11-14,18H,7-10,15H2,1-4H3,(H,30,31,32,34);5-7H,3-4H2,1-2H3;3-4,7,10H,5-6,8H2,1-2H3,(H2,12,13);2*1H2/t18-;;10-;;/m0.0../s1. The van der Waals surface area contributed by atoms with Crippen molar-refractivity contribution in [2.45, 2.75) is 89.4 Å². The maximum atomic E-state index is 15.1. The summed E-state index contributed by atoms with van der Waals surface area (Å²) in [5.41, 5.74) is 10.0. The summed E-state index contributed by atoms with van der Waals surface area (Å²) in [5.74, 6) is 0.752. The Morgan fingerprint density at radius 3 is 1.53 bits per heavy atom. The highest BCUT2D eigenvalue weighted by molar-refractivity contribution is 7.59. The Kier molecular flexibility index (Phi) is 16.7. The average Bonchev–Trinajstić information content (AvgIpc) is 4.33. The smallest absolute Gasteiger partial charge is 0.229 e. The molecule has 2 saturated heterocycles. The molecule has 0 unspecified atom stereocenters. The van der Waals surface area contributed by atoms with Crippen LogP contribution in [-0.4, -0.2) is 125 Å². The van der Waals surface area contributed by atoms with E-state index in [0.29, 0.717) is 56.9 Å². The fourth-order valence-electron chi connectivity index (χ4n) is 10.7. The summed E-state index contributed by atoms with van der Waals surface area (Å²) in [4.78, 5) is 42.7. The van der Waals surface area contributed by atoms with Gasteiger partial charge in [0.25, 0.3) is 0 Å². The molecule has 408 valence electrons. The Balaban J connectivity index is 0.000000167. The summed E-state index contributed by atoms with van der Waals surface area (Å²) in [7, 11) is 8.47. The summed E-state index contributed by atoms with van der Waals surface area (Å²) in [6.07, 6.45) is 11.5. The Morgan fingerprint density at radius 1 is 0.597 bits per heavy atom. The lowest BCUT2D eigenvalue weighted by Crippen LogP contribution is -2.31. The molecule has 2 aromatic carbocycles. The van der Waals surface area contributed by atoms with Gasteiger partial charge in [-0.3, -0.25) is 0 Å². The van der Waals surface area contributed by atoms with E-state index in [4.69, 9.17) is 17.3 Å². The van der Waals surface area contributed by atoms with Crippen LogP contribution in [0.15, 0.2) is 73.3 Å². The fraction of sp³-hybridized carbons (Fsp3) is 0.407. The third-order valence-corrected chi connectivity index (χ3v) is 15.2. The van der Waals surface area contributed by atoms with Crippen LogP contribution in [0.5, 0.6) is 0 Å². The monoisotopic (exact) mass is 1110 g/mol. The highest BCUT2D eigenvalue weighted by Gasteiger charge is 2.35. The molecule has 0 radical (unpaired) electrons. The van der Waals surface area contributed by atoms with E-state index in [9.17, 15) is 13.2 Å². The van der Waals surface area contributed by atoms with E-state index in [2.05, 4.69) is 125 Å².